The van der Waals surface area contributed by atoms with Crippen LogP contribution in [0.2, 0.25) is 0 Å². The molecule has 1 aromatic carbocycles. The average Bonchev–Trinajstić information content (AvgIpc) is 2.85. The van der Waals surface area contributed by atoms with E-state index in [1.54, 1.807) is 19.1 Å². The zero-order chi connectivity index (χ0) is 14.0. The van der Waals surface area contributed by atoms with E-state index < -0.39 is 6.10 Å². The minimum Gasteiger partial charge on any atom is -0.389 e. The van der Waals surface area contributed by atoms with Crippen LogP contribution in [0.4, 0.5) is 11.4 Å². The van der Waals surface area contributed by atoms with E-state index in [0.29, 0.717) is 17.3 Å². The van der Waals surface area contributed by atoms with Gasteiger partial charge in [0.25, 0.3) is 5.69 Å². The third kappa shape index (κ3) is 2.71. The van der Waals surface area contributed by atoms with Crippen LogP contribution in [-0.4, -0.2) is 22.6 Å². The minimum absolute atomic E-state index is 0.0961. The fourth-order valence-corrected chi connectivity index (χ4v) is 2.77. The molecule has 2 unspecified atom stereocenters. The Kier molecular flexibility index (Phi) is 4.04. The lowest BCUT2D eigenvalue weighted by atomic mass is 10.1. The van der Waals surface area contributed by atoms with Crippen LogP contribution in [-0.2, 0) is 0 Å². The molecule has 1 N–H and O–H groups in total. The van der Waals surface area contributed by atoms with Crippen LogP contribution in [0.15, 0.2) is 18.2 Å². The van der Waals surface area contributed by atoms with Gasteiger partial charge in [0.1, 0.15) is 5.69 Å². The molecular formula is C14H20N2O3. The van der Waals surface area contributed by atoms with Crippen molar-refractivity contribution >= 4 is 11.4 Å². The van der Waals surface area contributed by atoms with Crippen LogP contribution in [0.1, 0.15) is 44.8 Å². The second-order valence-electron chi connectivity index (χ2n) is 5.08. The maximum atomic E-state index is 11.2. The Labute approximate surface area is 113 Å². The molecule has 1 saturated heterocycles. The number of hydrogen-bond acceptors (Lipinski definition) is 4. The first kappa shape index (κ1) is 13.8. The molecule has 1 heterocycles. The van der Waals surface area contributed by atoms with Gasteiger partial charge in [0.15, 0.2) is 0 Å². The van der Waals surface area contributed by atoms with Crippen LogP contribution < -0.4 is 4.90 Å². The summed E-state index contributed by atoms with van der Waals surface area (Å²) in [6.45, 7) is 4.59. The van der Waals surface area contributed by atoms with Crippen LogP contribution in [0.5, 0.6) is 0 Å². The normalized spacial score (nSPS) is 20.6. The number of rotatable bonds is 4. The molecule has 0 spiro atoms. The van der Waals surface area contributed by atoms with Gasteiger partial charge in [-0.15, -0.1) is 0 Å². The van der Waals surface area contributed by atoms with Gasteiger partial charge in [-0.2, -0.15) is 0 Å². The van der Waals surface area contributed by atoms with Gasteiger partial charge < -0.3 is 10.0 Å². The average molecular weight is 264 g/mol. The van der Waals surface area contributed by atoms with Crippen molar-refractivity contribution in [2.75, 3.05) is 11.4 Å². The van der Waals surface area contributed by atoms with E-state index in [0.717, 1.165) is 25.8 Å². The highest BCUT2D eigenvalue weighted by Gasteiger charge is 2.29. The predicted molar refractivity (Wildman–Crippen MR) is 74.4 cm³/mol. The van der Waals surface area contributed by atoms with Crippen LogP contribution >= 0.6 is 0 Å². The molecule has 19 heavy (non-hydrogen) atoms. The van der Waals surface area contributed by atoms with E-state index in [4.69, 9.17) is 0 Å². The lowest BCUT2D eigenvalue weighted by Crippen LogP contribution is -2.29. The first-order chi connectivity index (χ1) is 9.04. The number of nitrogens with zero attached hydrogens (tertiary/aromatic N) is 2. The summed E-state index contributed by atoms with van der Waals surface area (Å²) in [5.41, 5.74) is 1.36. The lowest BCUT2D eigenvalue weighted by Gasteiger charge is -2.25. The van der Waals surface area contributed by atoms with Crippen molar-refractivity contribution in [2.45, 2.75) is 45.3 Å². The van der Waals surface area contributed by atoms with Gasteiger partial charge in [-0.25, -0.2) is 0 Å². The summed E-state index contributed by atoms with van der Waals surface area (Å²) < 4.78 is 0. The fraction of sp³-hybridized carbons (Fsp3) is 0.571. The van der Waals surface area contributed by atoms with Gasteiger partial charge >= 0.3 is 0 Å². The second-order valence-corrected chi connectivity index (χ2v) is 5.08. The van der Waals surface area contributed by atoms with E-state index in [9.17, 15) is 15.2 Å². The van der Waals surface area contributed by atoms with Gasteiger partial charge in [-0.05, 0) is 37.8 Å². The quantitative estimate of drug-likeness (QED) is 0.670. The zero-order valence-electron chi connectivity index (χ0n) is 11.4. The first-order valence-corrected chi connectivity index (χ1v) is 6.77. The standard InChI is InChI=1S/C14H20N2O3/c1-3-12-5-4-8-15(12)13-7-6-11(10(2)17)9-14(13)16(18)19/h6-7,9-10,12,17H,3-5,8H2,1-2H3. The molecule has 0 aromatic heterocycles. The van der Waals surface area contributed by atoms with Crippen molar-refractivity contribution in [3.05, 3.63) is 33.9 Å². The highest BCUT2D eigenvalue weighted by molar-refractivity contribution is 5.65. The lowest BCUT2D eigenvalue weighted by molar-refractivity contribution is -0.384. The Bertz CT molecular complexity index is 474. The largest absolute Gasteiger partial charge is 0.389 e. The van der Waals surface area contributed by atoms with E-state index in [2.05, 4.69) is 11.8 Å². The Morgan fingerprint density at radius 1 is 1.58 bits per heavy atom. The third-order valence-corrected chi connectivity index (χ3v) is 3.84. The Morgan fingerprint density at radius 3 is 2.89 bits per heavy atom. The maximum Gasteiger partial charge on any atom is 0.292 e. The molecule has 0 saturated carbocycles. The molecule has 1 aliphatic rings. The number of anilines is 1. The van der Waals surface area contributed by atoms with Crippen molar-refractivity contribution in [1.82, 2.24) is 0 Å². The molecule has 1 fully saturated rings. The predicted octanol–water partition coefficient (Wildman–Crippen LogP) is 3.03. The first-order valence-electron chi connectivity index (χ1n) is 6.77. The van der Waals surface area contributed by atoms with E-state index in [1.807, 2.05) is 0 Å². The van der Waals surface area contributed by atoms with Crippen molar-refractivity contribution < 1.29 is 10.0 Å². The zero-order valence-corrected chi connectivity index (χ0v) is 11.4. The van der Waals surface area contributed by atoms with Gasteiger partial charge in [0.2, 0.25) is 0 Å². The maximum absolute atomic E-state index is 11.2. The highest BCUT2D eigenvalue weighted by atomic mass is 16.6. The third-order valence-electron chi connectivity index (χ3n) is 3.84. The van der Waals surface area contributed by atoms with Crippen molar-refractivity contribution in [2.24, 2.45) is 0 Å². The molecule has 0 radical (unpaired) electrons. The minimum atomic E-state index is -0.687. The number of benzene rings is 1. The summed E-state index contributed by atoms with van der Waals surface area (Å²) in [5.74, 6) is 0. The summed E-state index contributed by atoms with van der Waals surface area (Å²) in [5, 5.41) is 20.8. The number of nitro benzene ring substituents is 1. The summed E-state index contributed by atoms with van der Waals surface area (Å²) >= 11 is 0. The van der Waals surface area contributed by atoms with Gasteiger partial charge in [0.05, 0.1) is 11.0 Å². The van der Waals surface area contributed by atoms with Gasteiger partial charge in [-0.1, -0.05) is 13.0 Å². The molecular weight excluding hydrogens is 244 g/mol. The topological polar surface area (TPSA) is 66.6 Å². The van der Waals surface area contributed by atoms with Crippen molar-refractivity contribution in [1.29, 1.82) is 0 Å². The molecule has 0 aliphatic carbocycles. The van der Waals surface area contributed by atoms with E-state index >= 15 is 0 Å². The number of nitro groups is 1. The fourth-order valence-electron chi connectivity index (χ4n) is 2.77. The molecule has 5 heteroatoms. The summed E-state index contributed by atoms with van der Waals surface area (Å²) in [4.78, 5) is 13.0. The monoisotopic (exact) mass is 264 g/mol. The number of aliphatic hydroxyl groups excluding tert-OH is 1. The van der Waals surface area contributed by atoms with Crippen LogP contribution in [0.25, 0.3) is 0 Å². The van der Waals surface area contributed by atoms with Gasteiger partial charge in [-0.3, -0.25) is 10.1 Å². The van der Waals surface area contributed by atoms with E-state index in [-0.39, 0.29) is 10.6 Å². The Balaban J connectivity index is 2.42. The van der Waals surface area contributed by atoms with E-state index in [1.165, 1.54) is 6.07 Å². The summed E-state index contributed by atoms with van der Waals surface area (Å²) in [6.07, 6.45) is 2.47. The smallest absolute Gasteiger partial charge is 0.292 e. The molecule has 2 rings (SSSR count). The molecule has 0 bridgehead atoms. The van der Waals surface area contributed by atoms with Crippen molar-refractivity contribution in [3.63, 3.8) is 0 Å². The molecule has 1 aromatic rings. The van der Waals surface area contributed by atoms with Gasteiger partial charge in [0, 0.05) is 18.7 Å². The van der Waals surface area contributed by atoms with Crippen molar-refractivity contribution in [3.8, 4) is 0 Å². The molecule has 104 valence electrons. The Hall–Kier alpha value is -1.62. The molecule has 2 atom stereocenters. The molecule has 1 aliphatic heterocycles. The van der Waals surface area contributed by atoms with Crippen LogP contribution in [0, 0.1) is 10.1 Å². The van der Waals surface area contributed by atoms with Crippen LogP contribution in [0.3, 0.4) is 0 Å². The molecule has 0 amide bonds. The SMILES string of the molecule is CCC1CCCN1c1ccc(C(C)O)cc1[N+](=O)[O-]. The summed E-state index contributed by atoms with van der Waals surface area (Å²) in [7, 11) is 0. The molecule has 5 nitrogen and oxygen atoms in total. The Morgan fingerprint density at radius 2 is 2.32 bits per heavy atom. The highest BCUT2D eigenvalue weighted by Crippen LogP contribution is 2.36. The number of aliphatic hydroxyl groups is 1. The second kappa shape index (κ2) is 5.57. The summed E-state index contributed by atoms with van der Waals surface area (Å²) in [6, 6.07) is 5.42. The number of hydrogen-bond donors (Lipinski definition) is 1.